The van der Waals surface area contributed by atoms with Crippen molar-refractivity contribution in [3.63, 3.8) is 0 Å². The molecule has 69 heavy (non-hydrogen) atoms. The normalized spacial score (nSPS) is 14.1. The number of aromatic nitrogens is 4. The van der Waals surface area contributed by atoms with E-state index in [2.05, 4.69) is 77.9 Å². The van der Waals surface area contributed by atoms with Crippen LogP contribution in [-0.4, -0.2) is 25.6 Å². The zero-order valence-electron chi connectivity index (χ0n) is 41.4. The van der Waals surface area contributed by atoms with E-state index in [0.717, 1.165) is 79.4 Å². The molecule has 9 rings (SSSR count). The molecule has 0 radical (unpaired) electrons. The fourth-order valence-electron chi connectivity index (χ4n) is 11.0. The molecular weight excluding hydrogens is 987 g/mol. The summed E-state index contributed by atoms with van der Waals surface area (Å²) in [6.45, 7) is 13.9. The predicted molar refractivity (Wildman–Crippen MR) is 304 cm³/mol. The second kappa shape index (κ2) is 23.2. The number of fused-ring (bicyclic) bond motifs is 5. The average molecular weight is 1060 g/mol. The van der Waals surface area contributed by atoms with Crippen LogP contribution in [0.25, 0.3) is 73.6 Å². The number of rotatable bonds is 26. The van der Waals surface area contributed by atoms with Crippen molar-refractivity contribution < 1.29 is 8.78 Å². The van der Waals surface area contributed by atoms with Crippen molar-refractivity contribution in [2.45, 2.75) is 169 Å². The Morgan fingerprint density at radius 3 is 1.29 bits per heavy atom. The Morgan fingerprint density at radius 2 is 0.884 bits per heavy atom. The topological polar surface area (TPSA) is 51.6 Å². The molecule has 4 nitrogen and oxygen atoms in total. The monoisotopic (exact) mass is 1050 g/mol. The first-order chi connectivity index (χ1) is 33.7. The highest BCUT2D eigenvalue weighted by Gasteiger charge is 2.50. The fourth-order valence-corrected chi connectivity index (χ4v) is 24.8. The molecule has 0 fully saturated rings. The molecule has 1 aliphatic heterocycles. The molecule has 2 aromatic carbocycles. The van der Waals surface area contributed by atoms with Crippen LogP contribution in [0.3, 0.4) is 0 Å². The Labute approximate surface area is 434 Å². The van der Waals surface area contributed by atoms with Gasteiger partial charge in [-0.15, -0.1) is 45.3 Å². The summed E-state index contributed by atoms with van der Waals surface area (Å²) >= 11 is 9.35. The highest BCUT2D eigenvalue weighted by atomic mass is 32.1. The van der Waals surface area contributed by atoms with Crippen molar-refractivity contribution >= 4 is 109 Å². The summed E-state index contributed by atoms with van der Waals surface area (Å²) in [6.07, 6.45) is 21.4. The predicted octanol–water partition coefficient (Wildman–Crippen LogP) is 19.1. The van der Waals surface area contributed by atoms with Crippen LogP contribution in [0.2, 0.25) is 12.1 Å². The number of aryl methyl sites for hydroxylation is 2. The summed E-state index contributed by atoms with van der Waals surface area (Å²) in [6, 6.07) is 19.3. The molecule has 0 saturated carbocycles. The summed E-state index contributed by atoms with van der Waals surface area (Å²) < 4.78 is 53.9. The maximum Gasteiger partial charge on any atom is 0.134 e. The van der Waals surface area contributed by atoms with Crippen molar-refractivity contribution in [3.8, 4) is 51.5 Å². The molecule has 13 heteroatoms. The quantitative estimate of drug-likeness (QED) is 0.0401. The first-order valence-corrected chi connectivity index (χ1v) is 33.3. The SMILES string of the molecule is CCCCCCc1ccc(-c2cc(F)c(-c3cc4c(s3)-c3sc(-c5c(F)cc(-c6ccc(CCCCCC)s6)c6nsnc56)cc3[Si]4(CC(CC)CCCC)CC(CC)CCCC)c3nsnc23)s1. The minimum absolute atomic E-state index is 0.235. The lowest BCUT2D eigenvalue weighted by Gasteiger charge is -2.35. The summed E-state index contributed by atoms with van der Waals surface area (Å²) in [5.74, 6) is 0.681. The summed E-state index contributed by atoms with van der Waals surface area (Å²) in [5, 5.41) is 2.93. The molecule has 0 amide bonds. The summed E-state index contributed by atoms with van der Waals surface area (Å²) in [4.78, 5) is 9.18. The van der Waals surface area contributed by atoms with Gasteiger partial charge in [0.25, 0.3) is 0 Å². The molecule has 2 atom stereocenters. The standard InChI is InChI=1S/C56H68F2N4S6Si/c1-7-13-17-19-23-37-25-27-43(63-37)39-29-41(57)49(53-51(39)59-67-61-53)45-31-47-55(65-45)56-48(69(47,33-35(11-5)21-15-9-3)34-36(12-6)22-16-10-4)32-46(66-56)50-42(58)30-40(52-54(50)62-68-60-52)44-28-26-38(64-44)24-20-18-14-8-2/h25-32,35-36H,7-24,33-34H2,1-6H3. The summed E-state index contributed by atoms with van der Waals surface area (Å²) in [7, 11) is -2.55. The number of thiophene rings is 4. The molecule has 0 N–H and O–H groups in total. The van der Waals surface area contributed by atoms with Gasteiger partial charge in [0.05, 0.1) is 34.6 Å². The van der Waals surface area contributed by atoms with E-state index in [4.69, 9.17) is 17.5 Å². The Morgan fingerprint density at radius 1 is 0.464 bits per heavy atom. The van der Waals surface area contributed by atoms with Gasteiger partial charge in [-0.25, -0.2) is 8.78 Å². The zero-order chi connectivity index (χ0) is 48.1. The lowest BCUT2D eigenvalue weighted by Crippen LogP contribution is -2.56. The van der Waals surface area contributed by atoms with Gasteiger partial charge in [-0.3, -0.25) is 0 Å². The van der Waals surface area contributed by atoms with Crippen LogP contribution >= 0.6 is 68.8 Å². The van der Waals surface area contributed by atoms with E-state index in [0.29, 0.717) is 34.0 Å². The first-order valence-electron chi connectivity index (χ1n) is 26.1. The second-order valence-electron chi connectivity index (χ2n) is 19.7. The number of nitrogens with zero attached hydrogens (tertiary/aromatic N) is 4. The Bertz CT molecular complexity index is 2770. The van der Waals surface area contributed by atoms with Gasteiger partial charge in [0.15, 0.2) is 0 Å². The number of unbranched alkanes of at least 4 members (excludes halogenated alkanes) is 8. The van der Waals surface area contributed by atoms with E-state index in [-0.39, 0.29) is 11.6 Å². The molecular formula is C56H68F2N4S6Si. The van der Waals surface area contributed by atoms with Crippen molar-refractivity contribution in [3.05, 3.63) is 69.9 Å². The van der Waals surface area contributed by atoms with Crippen molar-refractivity contribution in [1.29, 1.82) is 0 Å². The average Bonchev–Trinajstić information content (AvgIpc) is 4.22. The molecule has 0 aliphatic carbocycles. The lowest BCUT2D eigenvalue weighted by atomic mass is 10.0. The van der Waals surface area contributed by atoms with Crippen LogP contribution in [0.15, 0.2) is 48.5 Å². The second-order valence-corrected chi connectivity index (χ2v) is 29.2. The van der Waals surface area contributed by atoms with E-state index in [1.54, 1.807) is 57.5 Å². The highest BCUT2D eigenvalue weighted by molar-refractivity contribution is 7.31. The van der Waals surface area contributed by atoms with E-state index in [1.807, 2.05) is 0 Å². The van der Waals surface area contributed by atoms with Crippen molar-refractivity contribution in [1.82, 2.24) is 17.5 Å². The van der Waals surface area contributed by atoms with Crippen molar-refractivity contribution in [2.24, 2.45) is 11.8 Å². The van der Waals surface area contributed by atoms with Crippen LogP contribution < -0.4 is 10.4 Å². The number of hydrogen-bond acceptors (Lipinski definition) is 10. The maximum atomic E-state index is 17.2. The largest absolute Gasteiger partial charge is 0.206 e. The summed E-state index contributed by atoms with van der Waals surface area (Å²) in [5.41, 5.74) is 5.71. The van der Waals surface area contributed by atoms with Gasteiger partial charge < -0.3 is 0 Å². The van der Waals surface area contributed by atoms with Crippen LogP contribution in [0.1, 0.15) is 154 Å². The Kier molecular flexibility index (Phi) is 17.1. The molecule has 0 saturated heterocycles. The molecule has 0 spiro atoms. The van der Waals surface area contributed by atoms with Gasteiger partial charge in [-0.1, -0.05) is 131 Å². The Balaban J connectivity index is 1.17. The molecule has 366 valence electrons. The first kappa shape index (κ1) is 50.9. The van der Waals surface area contributed by atoms with Gasteiger partial charge in [-0.2, -0.15) is 17.5 Å². The number of benzene rings is 2. The maximum absolute atomic E-state index is 17.2. The number of hydrogen-bond donors (Lipinski definition) is 0. The van der Waals surface area contributed by atoms with Gasteiger partial charge >= 0.3 is 0 Å². The smallest absolute Gasteiger partial charge is 0.134 e. The van der Waals surface area contributed by atoms with E-state index < -0.39 is 8.07 Å². The third-order valence-electron chi connectivity index (χ3n) is 14.9. The van der Waals surface area contributed by atoms with E-state index >= 15 is 8.78 Å². The van der Waals surface area contributed by atoms with Crippen LogP contribution in [0.5, 0.6) is 0 Å². The van der Waals surface area contributed by atoms with Crippen LogP contribution in [0.4, 0.5) is 8.78 Å². The van der Waals surface area contributed by atoms with Gasteiger partial charge in [0.1, 0.15) is 41.8 Å². The van der Waals surface area contributed by atoms with Gasteiger partial charge in [0, 0.05) is 50.1 Å². The molecule has 0 bridgehead atoms. The van der Waals surface area contributed by atoms with Crippen molar-refractivity contribution in [2.75, 3.05) is 0 Å². The molecule has 6 aromatic heterocycles. The Hall–Kier alpha value is -3.04. The lowest BCUT2D eigenvalue weighted by molar-refractivity contribution is 0.469. The van der Waals surface area contributed by atoms with Gasteiger partial charge in [-0.05, 0) is 109 Å². The van der Waals surface area contributed by atoms with E-state index in [9.17, 15) is 0 Å². The molecule has 8 aromatic rings. The molecule has 7 heterocycles. The van der Waals surface area contributed by atoms with E-state index in [1.165, 1.54) is 143 Å². The van der Waals surface area contributed by atoms with Crippen LogP contribution in [-0.2, 0) is 12.8 Å². The molecule has 2 unspecified atom stereocenters. The highest BCUT2D eigenvalue weighted by Crippen LogP contribution is 2.52. The van der Waals surface area contributed by atoms with Crippen LogP contribution in [0, 0.1) is 23.5 Å². The van der Waals surface area contributed by atoms with Gasteiger partial charge in [0.2, 0.25) is 0 Å². The third kappa shape index (κ3) is 10.5. The number of halogens is 2. The third-order valence-corrected chi connectivity index (χ3v) is 26.6. The minimum atomic E-state index is -2.55. The fraction of sp³-hybridized carbons (Fsp3) is 0.500. The molecule has 1 aliphatic rings. The minimum Gasteiger partial charge on any atom is -0.206 e. The zero-order valence-corrected chi connectivity index (χ0v) is 47.3.